The van der Waals surface area contributed by atoms with E-state index in [4.69, 9.17) is 10.8 Å². The van der Waals surface area contributed by atoms with Gasteiger partial charge in [-0.15, -0.1) is 0 Å². The molecule has 0 fully saturated rings. The number of carbonyl (C=O) groups excluding carboxylic acids is 3. The number of rotatable bonds is 8. The van der Waals surface area contributed by atoms with Crippen molar-refractivity contribution in [3.8, 4) is 0 Å². The normalized spacial score (nSPS) is 13.1. The topological polar surface area (TPSA) is 130 Å². The number of hydrogen-bond acceptors (Lipinski definition) is 5. The Morgan fingerprint density at radius 1 is 1.14 bits per heavy atom. The molecule has 0 aliphatic heterocycles. The van der Waals surface area contributed by atoms with Crippen molar-refractivity contribution in [2.45, 2.75) is 52.1 Å². The molecule has 0 rings (SSSR count). The lowest BCUT2D eigenvalue weighted by Crippen LogP contribution is -2.53. The predicted molar refractivity (Wildman–Crippen MR) is 75.1 cm³/mol. The van der Waals surface area contributed by atoms with Crippen LogP contribution in [0.15, 0.2) is 0 Å². The summed E-state index contributed by atoms with van der Waals surface area (Å²) < 4.78 is 0. The van der Waals surface area contributed by atoms with Crippen molar-refractivity contribution in [1.29, 1.82) is 0 Å². The maximum absolute atomic E-state index is 12.2. The van der Waals surface area contributed by atoms with Gasteiger partial charge in [-0.25, -0.2) is 0 Å². The lowest BCUT2D eigenvalue weighted by molar-refractivity contribution is -0.150. The van der Waals surface area contributed by atoms with E-state index in [-0.39, 0.29) is 6.42 Å². The van der Waals surface area contributed by atoms with Gasteiger partial charge in [-0.3, -0.25) is 24.1 Å². The van der Waals surface area contributed by atoms with Crippen molar-refractivity contribution in [3.63, 3.8) is 0 Å². The van der Waals surface area contributed by atoms with E-state index in [0.29, 0.717) is 19.4 Å². The molecule has 0 heterocycles. The molecule has 0 saturated carbocycles. The summed E-state index contributed by atoms with van der Waals surface area (Å²) in [5, 5.41) is 11.1. The van der Waals surface area contributed by atoms with E-state index >= 15 is 0 Å². The number of unbranched alkanes of at least 4 members (excludes halogenated alkanes) is 1. The number of carbonyl (C=O) groups is 4. The first kappa shape index (κ1) is 19.0. The molecule has 0 spiro atoms. The summed E-state index contributed by atoms with van der Waals surface area (Å²) in [6.45, 7) is 4.11. The summed E-state index contributed by atoms with van der Waals surface area (Å²) in [5.41, 5.74) is 5.38. The monoisotopic (exact) mass is 301 g/mol. The van der Waals surface area contributed by atoms with Gasteiger partial charge in [-0.05, 0) is 32.7 Å². The van der Waals surface area contributed by atoms with Crippen LogP contribution in [0.5, 0.6) is 0 Å². The van der Waals surface area contributed by atoms with Gasteiger partial charge in [-0.2, -0.15) is 0 Å². The molecular weight excluding hydrogens is 278 g/mol. The molecule has 4 N–H and O–H groups in total. The van der Waals surface area contributed by atoms with Crippen LogP contribution in [0.3, 0.4) is 0 Å². The molecular formula is C13H23N3O5. The van der Waals surface area contributed by atoms with Crippen molar-refractivity contribution in [1.82, 2.24) is 10.2 Å². The highest BCUT2D eigenvalue weighted by atomic mass is 16.4. The largest absolute Gasteiger partial charge is 0.480 e. The third-order valence-corrected chi connectivity index (χ3v) is 2.95. The van der Waals surface area contributed by atoms with Crippen molar-refractivity contribution in [3.05, 3.63) is 0 Å². The highest BCUT2D eigenvalue weighted by Crippen LogP contribution is 2.11. The molecule has 0 aromatic carbocycles. The van der Waals surface area contributed by atoms with Crippen LogP contribution in [0.25, 0.3) is 0 Å². The summed E-state index contributed by atoms with van der Waals surface area (Å²) in [6, 6.07) is -2.12. The minimum absolute atomic E-state index is 0.245. The maximum atomic E-state index is 12.2. The lowest BCUT2D eigenvalue weighted by Gasteiger charge is -2.28. The zero-order chi connectivity index (χ0) is 16.6. The molecule has 120 valence electrons. The standard InChI is InChI=1S/C13H23N3O5/c1-8(13(20)21)15-12(19)11(6-4-5-7-14)16(9(2)17)10(3)18/h8,11H,4-7,14H2,1-3H3,(H,15,19)(H,20,21)/t8-,11+/m1/s1. The average molecular weight is 301 g/mol. The highest BCUT2D eigenvalue weighted by molar-refractivity contribution is 5.99. The number of amides is 3. The summed E-state index contributed by atoms with van der Waals surface area (Å²) >= 11 is 0. The van der Waals surface area contributed by atoms with Gasteiger partial charge in [0.15, 0.2) is 0 Å². The van der Waals surface area contributed by atoms with E-state index in [1.165, 1.54) is 20.8 Å². The predicted octanol–water partition coefficient (Wildman–Crippen LogP) is -0.532. The van der Waals surface area contributed by atoms with Gasteiger partial charge >= 0.3 is 5.97 Å². The Morgan fingerprint density at radius 3 is 2.05 bits per heavy atom. The van der Waals surface area contributed by atoms with Gasteiger partial charge in [-0.1, -0.05) is 0 Å². The number of hydrogen-bond donors (Lipinski definition) is 3. The molecule has 0 aliphatic carbocycles. The van der Waals surface area contributed by atoms with Crippen molar-refractivity contribution in [2.24, 2.45) is 5.73 Å². The van der Waals surface area contributed by atoms with Gasteiger partial charge in [0, 0.05) is 13.8 Å². The molecule has 3 amide bonds. The van der Waals surface area contributed by atoms with Crippen molar-refractivity contribution in [2.75, 3.05) is 6.54 Å². The van der Waals surface area contributed by atoms with Gasteiger partial charge in [0.05, 0.1) is 0 Å². The summed E-state index contributed by atoms with van der Waals surface area (Å²) in [5.74, 6) is -2.97. The van der Waals surface area contributed by atoms with Crippen LogP contribution in [-0.2, 0) is 19.2 Å². The number of nitrogens with zero attached hydrogens (tertiary/aromatic N) is 1. The molecule has 0 saturated heterocycles. The Morgan fingerprint density at radius 2 is 1.67 bits per heavy atom. The minimum atomic E-state index is -1.19. The van der Waals surface area contributed by atoms with E-state index in [1.807, 2.05) is 0 Å². The zero-order valence-corrected chi connectivity index (χ0v) is 12.6. The van der Waals surface area contributed by atoms with Crippen molar-refractivity contribution >= 4 is 23.7 Å². The second-order valence-electron chi connectivity index (χ2n) is 4.78. The zero-order valence-electron chi connectivity index (χ0n) is 12.6. The number of carboxylic acids is 1. The van der Waals surface area contributed by atoms with E-state index < -0.39 is 35.8 Å². The van der Waals surface area contributed by atoms with Crippen LogP contribution in [0.4, 0.5) is 0 Å². The molecule has 0 aliphatic rings. The van der Waals surface area contributed by atoms with E-state index in [2.05, 4.69) is 5.32 Å². The van der Waals surface area contributed by atoms with Crippen LogP contribution < -0.4 is 11.1 Å². The smallest absolute Gasteiger partial charge is 0.325 e. The van der Waals surface area contributed by atoms with Crippen molar-refractivity contribution < 1.29 is 24.3 Å². The fourth-order valence-corrected chi connectivity index (χ4v) is 1.89. The molecule has 8 nitrogen and oxygen atoms in total. The summed E-state index contributed by atoms with van der Waals surface area (Å²) in [6.07, 6.45) is 1.43. The third-order valence-electron chi connectivity index (χ3n) is 2.95. The Balaban J connectivity index is 5.10. The first-order valence-corrected chi connectivity index (χ1v) is 6.76. The lowest BCUT2D eigenvalue weighted by atomic mass is 10.1. The number of nitrogens with two attached hydrogens (primary N) is 1. The Hall–Kier alpha value is -1.96. The van der Waals surface area contributed by atoms with Crippen LogP contribution in [0.2, 0.25) is 0 Å². The van der Waals surface area contributed by atoms with Crippen LogP contribution in [0.1, 0.15) is 40.0 Å². The van der Waals surface area contributed by atoms with Crippen LogP contribution in [-0.4, -0.2) is 52.3 Å². The molecule has 21 heavy (non-hydrogen) atoms. The Kier molecular flexibility index (Phi) is 8.22. The van der Waals surface area contributed by atoms with Gasteiger partial charge in [0.2, 0.25) is 17.7 Å². The average Bonchev–Trinajstić information content (AvgIpc) is 2.36. The molecule has 0 bridgehead atoms. The highest BCUT2D eigenvalue weighted by Gasteiger charge is 2.31. The second-order valence-corrected chi connectivity index (χ2v) is 4.78. The molecule has 8 heteroatoms. The molecule has 0 unspecified atom stereocenters. The van der Waals surface area contributed by atoms with Crippen LogP contribution >= 0.6 is 0 Å². The first-order valence-electron chi connectivity index (χ1n) is 6.76. The quantitative estimate of drug-likeness (QED) is 0.517. The van der Waals surface area contributed by atoms with E-state index in [9.17, 15) is 19.2 Å². The van der Waals surface area contributed by atoms with E-state index in [1.54, 1.807) is 0 Å². The van der Waals surface area contributed by atoms with Gasteiger partial charge in [0.1, 0.15) is 12.1 Å². The van der Waals surface area contributed by atoms with E-state index in [0.717, 1.165) is 4.90 Å². The first-order chi connectivity index (χ1) is 9.72. The SMILES string of the molecule is CC(=O)N(C(C)=O)[C@@H](CCCCN)C(=O)N[C@H](C)C(=O)O. The summed E-state index contributed by atoms with van der Waals surface area (Å²) in [7, 11) is 0. The number of nitrogens with one attached hydrogen (secondary N) is 1. The fourth-order valence-electron chi connectivity index (χ4n) is 1.89. The molecule has 0 radical (unpaired) electrons. The van der Waals surface area contributed by atoms with Gasteiger partial charge < -0.3 is 16.2 Å². The Labute approximate surface area is 123 Å². The van der Waals surface area contributed by atoms with Crippen LogP contribution in [0, 0.1) is 0 Å². The molecule has 0 aromatic heterocycles. The second kappa shape index (κ2) is 9.06. The number of carboxylic acid groups (broad SMARTS) is 1. The maximum Gasteiger partial charge on any atom is 0.325 e. The minimum Gasteiger partial charge on any atom is -0.480 e. The molecule has 2 atom stereocenters. The third kappa shape index (κ3) is 6.35. The fraction of sp³-hybridized carbons (Fsp3) is 0.692. The number of aliphatic carboxylic acids is 1. The molecule has 0 aromatic rings. The summed E-state index contributed by atoms with van der Waals surface area (Å²) in [4.78, 5) is 46.9. The van der Waals surface area contributed by atoms with Gasteiger partial charge in [0.25, 0.3) is 0 Å². The number of imide groups is 1. The Bertz CT molecular complexity index is 397.